The second kappa shape index (κ2) is 6.41. The van der Waals surface area contributed by atoms with Gasteiger partial charge in [-0.25, -0.2) is 0 Å². The van der Waals surface area contributed by atoms with E-state index in [0.29, 0.717) is 5.92 Å². The number of hydrogen-bond acceptors (Lipinski definition) is 2. The van der Waals surface area contributed by atoms with E-state index >= 15 is 0 Å². The maximum absolute atomic E-state index is 5.91. The molecule has 0 aliphatic heterocycles. The third-order valence-corrected chi connectivity index (χ3v) is 3.24. The second-order valence-corrected chi connectivity index (χ2v) is 4.95. The molecule has 0 heterocycles. The topological polar surface area (TPSA) is 35.2 Å². The Morgan fingerprint density at radius 3 is 2.43 bits per heavy atom. The van der Waals surface area contributed by atoms with Crippen LogP contribution in [-0.2, 0) is 4.74 Å². The molecule has 0 radical (unpaired) electrons. The van der Waals surface area contributed by atoms with E-state index in [1.54, 1.807) is 0 Å². The summed E-state index contributed by atoms with van der Waals surface area (Å²) in [5, 5.41) is 0. The molecule has 0 amide bonds. The van der Waals surface area contributed by atoms with Crippen molar-refractivity contribution in [3.05, 3.63) is 0 Å². The van der Waals surface area contributed by atoms with Crippen LogP contribution in [0.1, 0.15) is 46.0 Å². The van der Waals surface area contributed by atoms with Gasteiger partial charge in [0.1, 0.15) is 0 Å². The van der Waals surface area contributed by atoms with Crippen molar-refractivity contribution in [1.82, 2.24) is 0 Å². The maximum Gasteiger partial charge on any atom is 0.0620 e. The van der Waals surface area contributed by atoms with Crippen molar-refractivity contribution in [1.29, 1.82) is 0 Å². The van der Waals surface area contributed by atoms with Gasteiger partial charge in [0.25, 0.3) is 0 Å². The van der Waals surface area contributed by atoms with Crippen molar-refractivity contribution in [2.45, 2.75) is 52.0 Å². The Kier molecular flexibility index (Phi) is 5.49. The molecule has 1 saturated carbocycles. The lowest BCUT2D eigenvalue weighted by Gasteiger charge is -2.23. The average Bonchev–Trinajstić information content (AvgIpc) is 2.19. The SMILES string of the molecule is CC(C)C(N)COCC1CCCCC1. The normalized spacial score (nSPS) is 21.4. The van der Waals surface area contributed by atoms with Crippen LogP contribution in [0.4, 0.5) is 0 Å². The molecule has 0 saturated heterocycles. The van der Waals surface area contributed by atoms with Gasteiger partial charge < -0.3 is 10.5 Å². The number of ether oxygens (including phenoxy) is 1. The first kappa shape index (κ1) is 12.0. The summed E-state index contributed by atoms with van der Waals surface area (Å²) in [5.74, 6) is 1.34. The van der Waals surface area contributed by atoms with Crippen LogP contribution in [0.2, 0.25) is 0 Å². The summed E-state index contributed by atoms with van der Waals surface area (Å²) < 4.78 is 5.67. The Morgan fingerprint density at radius 2 is 1.86 bits per heavy atom. The van der Waals surface area contributed by atoms with E-state index in [1.165, 1.54) is 32.1 Å². The minimum absolute atomic E-state index is 0.207. The van der Waals surface area contributed by atoms with Crippen molar-refractivity contribution in [2.75, 3.05) is 13.2 Å². The van der Waals surface area contributed by atoms with Crippen molar-refractivity contribution in [2.24, 2.45) is 17.6 Å². The summed E-state index contributed by atoms with van der Waals surface area (Å²) in [5.41, 5.74) is 5.91. The Morgan fingerprint density at radius 1 is 1.21 bits per heavy atom. The van der Waals surface area contributed by atoms with E-state index in [2.05, 4.69) is 13.8 Å². The van der Waals surface area contributed by atoms with Crippen LogP contribution in [0.25, 0.3) is 0 Å². The minimum Gasteiger partial charge on any atom is -0.380 e. The third-order valence-electron chi connectivity index (χ3n) is 3.24. The molecule has 1 unspecified atom stereocenters. The monoisotopic (exact) mass is 199 g/mol. The average molecular weight is 199 g/mol. The summed E-state index contributed by atoms with van der Waals surface area (Å²) in [6.07, 6.45) is 6.92. The molecule has 0 aromatic carbocycles. The Balaban J connectivity index is 2.02. The molecule has 1 atom stereocenters. The van der Waals surface area contributed by atoms with Gasteiger partial charge >= 0.3 is 0 Å². The lowest BCUT2D eigenvalue weighted by atomic mass is 9.90. The molecule has 1 fully saturated rings. The summed E-state index contributed by atoms with van der Waals surface area (Å²) >= 11 is 0. The van der Waals surface area contributed by atoms with E-state index in [0.717, 1.165) is 19.1 Å². The summed E-state index contributed by atoms with van der Waals surface area (Å²) in [6, 6.07) is 0.207. The lowest BCUT2D eigenvalue weighted by molar-refractivity contribution is 0.0686. The molecule has 0 spiro atoms. The lowest BCUT2D eigenvalue weighted by Crippen LogP contribution is -2.32. The van der Waals surface area contributed by atoms with Gasteiger partial charge in [0, 0.05) is 12.6 Å². The van der Waals surface area contributed by atoms with E-state index < -0.39 is 0 Å². The molecule has 0 bridgehead atoms. The summed E-state index contributed by atoms with van der Waals surface area (Å²) in [7, 11) is 0. The molecular weight excluding hydrogens is 174 g/mol. The Bertz CT molecular complexity index is 141. The molecule has 14 heavy (non-hydrogen) atoms. The van der Waals surface area contributed by atoms with Crippen LogP contribution < -0.4 is 5.73 Å². The van der Waals surface area contributed by atoms with E-state index in [1.807, 2.05) is 0 Å². The number of rotatable bonds is 5. The second-order valence-electron chi connectivity index (χ2n) is 4.95. The first-order chi connectivity index (χ1) is 6.70. The predicted molar refractivity (Wildman–Crippen MR) is 60.2 cm³/mol. The number of nitrogens with two attached hydrogens (primary N) is 1. The van der Waals surface area contributed by atoms with Crippen LogP contribution in [-0.4, -0.2) is 19.3 Å². The highest BCUT2D eigenvalue weighted by atomic mass is 16.5. The molecule has 1 aliphatic carbocycles. The molecule has 84 valence electrons. The predicted octanol–water partition coefficient (Wildman–Crippen LogP) is 2.57. The zero-order chi connectivity index (χ0) is 10.4. The molecule has 1 rings (SSSR count). The Labute approximate surface area is 88.2 Å². The van der Waals surface area contributed by atoms with Crippen LogP contribution in [0, 0.1) is 11.8 Å². The first-order valence-electron chi connectivity index (χ1n) is 6.03. The fourth-order valence-electron chi connectivity index (χ4n) is 1.92. The first-order valence-corrected chi connectivity index (χ1v) is 6.03. The molecule has 0 aromatic heterocycles. The van der Waals surface area contributed by atoms with Gasteiger partial charge in [-0.05, 0) is 24.7 Å². The zero-order valence-electron chi connectivity index (χ0n) is 9.67. The van der Waals surface area contributed by atoms with Crippen molar-refractivity contribution in [3.63, 3.8) is 0 Å². The van der Waals surface area contributed by atoms with Crippen LogP contribution in [0.5, 0.6) is 0 Å². The van der Waals surface area contributed by atoms with Gasteiger partial charge in [0.2, 0.25) is 0 Å². The van der Waals surface area contributed by atoms with Crippen molar-refractivity contribution < 1.29 is 4.74 Å². The summed E-state index contributed by atoms with van der Waals surface area (Å²) in [4.78, 5) is 0. The number of hydrogen-bond donors (Lipinski definition) is 1. The van der Waals surface area contributed by atoms with Crippen LogP contribution >= 0.6 is 0 Å². The summed E-state index contributed by atoms with van der Waals surface area (Å²) in [6.45, 7) is 5.96. The van der Waals surface area contributed by atoms with Crippen molar-refractivity contribution >= 4 is 0 Å². The largest absolute Gasteiger partial charge is 0.380 e. The standard InChI is InChI=1S/C12H25NO/c1-10(2)12(13)9-14-8-11-6-4-3-5-7-11/h10-12H,3-9,13H2,1-2H3. The van der Waals surface area contributed by atoms with E-state index in [4.69, 9.17) is 10.5 Å². The van der Waals surface area contributed by atoms with Gasteiger partial charge in [0.05, 0.1) is 6.61 Å². The van der Waals surface area contributed by atoms with Crippen LogP contribution in [0.3, 0.4) is 0 Å². The smallest absolute Gasteiger partial charge is 0.0620 e. The molecular formula is C12H25NO. The molecule has 2 N–H and O–H groups in total. The minimum atomic E-state index is 0.207. The quantitative estimate of drug-likeness (QED) is 0.738. The highest BCUT2D eigenvalue weighted by Crippen LogP contribution is 2.23. The van der Waals surface area contributed by atoms with Crippen molar-refractivity contribution in [3.8, 4) is 0 Å². The van der Waals surface area contributed by atoms with Crippen LogP contribution in [0.15, 0.2) is 0 Å². The molecule has 2 heteroatoms. The van der Waals surface area contributed by atoms with E-state index in [-0.39, 0.29) is 6.04 Å². The highest BCUT2D eigenvalue weighted by Gasteiger charge is 2.14. The fourth-order valence-corrected chi connectivity index (χ4v) is 1.92. The van der Waals surface area contributed by atoms with E-state index in [9.17, 15) is 0 Å². The van der Waals surface area contributed by atoms with Gasteiger partial charge in [-0.3, -0.25) is 0 Å². The Hall–Kier alpha value is -0.0800. The third kappa shape index (κ3) is 4.43. The van der Waals surface area contributed by atoms with Gasteiger partial charge in [-0.2, -0.15) is 0 Å². The van der Waals surface area contributed by atoms with Gasteiger partial charge in [-0.15, -0.1) is 0 Å². The highest BCUT2D eigenvalue weighted by molar-refractivity contribution is 4.67. The molecule has 0 aromatic rings. The molecule has 2 nitrogen and oxygen atoms in total. The fraction of sp³-hybridized carbons (Fsp3) is 1.00. The maximum atomic E-state index is 5.91. The molecule has 1 aliphatic rings. The van der Waals surface area contributed by atoms with Gasteiger partial charge in [-0.1, -0.05) is 33.1 Å². The zero-order valence-corrected chi connectivity index (χ0v) is 9.67. The van der Waals surface area contributed by atoms with Gasteiger partial charge in [0.15, 0.2) is 0 Å².